The zero-order valence-corrected chi connectivity index (χ0v) is 10.9. The molecular formula is C13H15N5O. The molecule has 19 heavy (non-hydrogen) atoms. The van der Waals surface area contributed by atoms with Crippen LogP contribution in [0, 0.1) is 0 Å². The maximum absolute atomic E-state index is 11.8. The van der Waals surface area contributed by atoms with Crippen molar-refractivity contribution in [3.8, 4) is 0 Å². The average Bonchev–Trinajstić information content (AvgIpc) is 2.71. The van der Waals surface area contributed by atoms with Gasteiger partial charge in [-0.3, -0.25) is 4.57 Å². The maximum atomic E-state index is 11.8. The predicted molar refractivity (Wildman–Crippen MR) is 75.5 cm³/mol. The molecule has 0 saturated heterocycles. The summed E-state index contributed by atoms with van der Waals surface area (Å²) >= 11 is 0. The van der Waals surface area contributed by atoms with Crippen molar-refractivity contribution in [2.24, 2.45) is 0 Å². The van der Waals surface area contributed by atoms with E-state index in [-0.39, 0.29) is 5.69 Å². The van der Waals surface area contributed by atoms with Crippen LogP contribution in [0.15, 0.2) is 23.3 Å². The number of hydrogen-bond acceptors (Lipinski definition) is 4. The molecule has 0 fully saturated rings. The summed E-state index contributed by atoms with van der Waals surface area (Å²) in [6.45, 7) is 5.39. The number of hydrogen-bond donors (Lipinski definition) is 2. The predicted octanol–water partition coefficient (Wildman–Crippen LogP) is 1.72. The van der Waals surface area contributed by atoms with Gasteiger partial charge in [0.05, 0.1) is 16.6 Å². The van der Waals surface area contributed by atoms with Crippen LogP contribution in [0.3, 0.4) is 0 Å². The molecule has 0 atom stereocenters. The first-order chi connectivity index (χ1) is 9.24. The SMILES string of the molecule is CCNc1ncnc2cc3c(cc12)[nH]c(=O)n3CC. The number of aromatic amines is 1. The molecule has 6 heteroatoms. The van der Waals surface area contributed by atoms with Crippen LogP contribution >= 0.6 is 0 Å². The third-order valence-electron chi connectivity index (χ3n) is 3.19. The molecule has 0 saturated carbocycles. The van der Waals surface area contributed by atoms with Crippen LogP contribution in [0.25, 0.3) is 21.9 Å². The Morgan fingerprint density at radius 3 is 2.89 bits per heavy atom. The molecule has 1 aromatic carbocycles. The van der Waals surface area contributed by atoms with Crippen LogP contribution in [0.4, 0.5) is 5.82 Å². The van der Waals surface area contributed by atoms with Crippen molar-refractivity contribution in [3.05, 3.63) is 28.9 Å². The number of imidazole rings is 1. The summed E-state index contributed by atoms with van der Waals surface area (Å²) in [6.07, 6.45) is 1.53. The van der Waals surface area contributed by atoms with Crippen LogP contribution in [-0.2, 0) is 6.54 Å². The van der Waals surface area contributed by atoms with Gasteiger partial charge in [-0.15, -0.1) is 0 Å². The van der Waals surface area contributed by atoms with E-state index in [1.165, 1.54) is 6.33 Å². The van der Waals surface area contributed by atoms with E-state index in [4.69, 9.17) is 0 Å². The van der Waals surface area contributed by atoms with Gasteiger partial charge in [-0.25, -0.2) is 14.8 Å². The normalized spacial score (nSPS) is 11.3. The second kappa shape index (κ2) is 4.38. The van der Waals surface area contributed by atoms with Crippen LogP contribution in [0.2, 0.25) is 0 Å². The number of H-pyrrole nitrogens is 1. The average molecular weight is 257 g/mol. The first-order valence-corrected chi connectivity index (χ1v) is 6.35. The standard InChI is InChI=1S/C13H15N5O/c1-3-14-12-8-5-10-11(6-9(8)15-7-16-12)18(4-2)13(19)17-10/h5-7H,3-4H2,1-2H3,(H,17,19)(H,14,15,16). The highest BCUT2D eigenvalue weighted by Crippen LogP contribution is 2.23. The minimum Gasteiger partial charge on any atom is -0.370 e. The van der Waals surface area contributed by atoms with Crippen molar-refractivity contribution in [1.82, 2.24) is 19.5 Å². The van der Waals surface area contributed by atoms with Crippen molar-refractivity contribution in [2.75, 3.05) is 11.9 Å². The monoisotopic (exact) mass is 257 g/mol. The summed E-state index contributed by atoms with van der Waals surface area (Å²) in [5.74, 6) is 0.791. The number of aromatic nitrogens is 4. The molecule has 0 aliphatic carbocycles. The Morgan fingerprint density at radius 2 is 2.16 bits per heavy atom. The molecule has 3 aromatic rings. The van der Waals surface area contributed by atoms with Gasteiger partial charge in [0.2, 0.25) is 0 Å². The van der Waals surface area contributed by atoms with E-state index >= 15 is 0 Å². The molecule has 98 valence electrons. The first-order valence-electron chi connectivity index (χ1n) is 6.35. The lowest BCUT2D eigenvalue weighted by Crippen LogP contribution is -2.14. The second-order valence-corrected chi connectivity index (χ2v) is 4.31. The molecule has 2 N–H and O–H groups in total. The minimum atomic E-state index is -0.0919. The molecule has 0 spiro atoms. The van der Waals surface area contributed by atoms with Crippen LogP contribution in [-0.4, -0.2) is 26.1 Å². The molecular weight excluding hydrogens is 242 g/mol. The summed E-state index contributed by atoms with van der Waals surface area (Å²) in [4.78, 5) is 23.2. The number of anilines is 1. The molecule has 0 unspecified atom stereocenters. The van der Waals surface area contributed by atoms with Crippen LogP contribution < -0.4 is 11.0 Å². The van der Waals surface area contributed by atoms with E-state index in [0.717, 1.165) is 34.3 Å². The van der Waals surface area contributed by atoms with Gasteiger partial charge in [0.25, 0.3) is 0 Å². The molecule has 0 radical (unpaired) electrons. The summed E-state index contributed by atoms with van der Waals surface area (Å²) in [6, 6.07) is 3.85. The smallest absolute Gasteiger partial charge is 0.326 e. The van der Waals surface area contributed by atoms with Crippen molar-refractivity contribution < 1.29 is 0 Å². The topological polar surface area (TPSA) is 75.6 Å². The Kier molecular flexibility index (Phi) is 2.70. The number of benzene rings is 1. The van der Waals surface area contributed by atoms with E-state index in [9.17, 15) is 4.79 Å². The molecule has 0 aliphatic rings. The van der Waals surface area contributed by atoms with Gasteiger partial charge in [0.15, 0.2) is 0 Å². The molecule has 6 nitrogen and oxygen atoms in total. The number of nitrogens with one attached hydrogen (secondary N) is 2. The first kappa shape index (κ1) is 11.7. The van der Waals surface area contributed by atoms with Crippen LogP contribution in [0.1, 0.15) is 13.8 Å². The van der Waals surface area contributed by atoms with E-state index in [0.29, 0.717) is 6.54 Å². The highest BCUT2D eigenvalue weighted by Gasteiger charge is 2.09. The highest BCUT2D eigenvalue weighted by atomic mass is 16.1. The number of rotatable bonds is 3. The Balaban J connectivity index is 2.38. The molecule has 2 heterocycles. The van der Waals surface area contributed by atoms with Gasteiger partial charge in [-0.05, 0) is 26.0 Å². The van der Waals surface area contributed by atoms with E-state index in [1.807, 2.05) is 26.0 Å². The van der Waals surface area contributed by atoms with E-state index in [1.54, 1.807) is 4.57 Å². The van der Waals surface area contributed by atoms with Gasteiger partial charge >= 0.3 is 5.69 Å². The maximum Gasteiger partial charge on any atom is 0.326 e. The number of aryl methyl sites for hydroxylation is 1. The van der Waals surface area contributed by atoms with Crippen molar-refractivity contribution >= 4 is 27.8 Å². The Labute approximate surface area is 109 Å². The zero-order chi connectivity index (χ0) is 13.4. The third-order valence-corrected chi connectivity index (χ3v) is 3.19. The van der Waals surface area contributed by atoms with Gasteiger partial charge < -0.3 is 10.3 Å². The lowest BCUT2D eigenvalue weighted by Gasteiger charge is -2.06. The molecule has 2 aromatic heterocycles. The van der Waals surface area contributed by atoms with Gasteiger partial charge in [-0.2, -0.15) is 0 Å². The van der Waals surface area contributed by atoms with Gasteiger partial charge in [0, 0.05) is 18.5 Å². The zero-order valence-electron chi connectivity index (χ0n) is 10.9. The molecule has 3 rings (SSSR count). The van der Waals surface area contributed by atoms with Gasteiger partial charge in [-0.1, -0.05) is 0 Å². The summed E-state index contributed by atoms with van der Waals surface area (Å²) in [5.41, 5.74) is 2.43. The summed E-state index contributed by atoms with van der Waals surface area (Å²) in [7, 11) is 0. The summed E-state index contributed by atoms with van der Waals surface area (Å²) < 4.78 is 1.70. The molecule has 0 bridgehead atoms. The van der Waals surface area contributed by atoms with Crippen LogP contribution in [0.5, 0.6) is 0 Å². The fraction of sp³-hybridized carbons (Fsp3) is 0.308. The Hall–Kier alpha value is -2.37. The number of fused-ring (bicyclic) bond motifs is 2. The third kappa shape index (κ3) is 1.76. The summed E-state index contributed by atoms with van der Waals surface area (Å²) in [5, 5.41) is 4.12. The Morgan fingerprint density at radius 1 is 1.32 bits per heavy atom. The Bertz CT molecular complexity index is 802. The second-order valence-electron chi connectivity index (χ2n) is 4.31. The van der Waals surface area contributed by atoms with E-state index in [2.05, 4.69) is 20.3 Å². The fourth-order valence-corrected chi connectivity index (χ4v) is 2.33. The number of nitrogens with zero attached hydrogens (tertiary/aromatic N) is 3. The lowest BCUT2D eigenvalue weighted by atomic mass is 10.2. The molecule has 0 aliphatic heterocycles. The highest BCUT2D eigenvalue weighted by molar-refractivity contribution is 5.98. The van der Waals surface area contributed by atoms with Gasteiger partial charge in [0.1, 0.15) is 12.1 Å². The van der Waals surface area contributed by atoms with Crippen molar-refractivity contribution in [1.29, 1.82) is 0 Å². The lowest BCUT2D eigenvalue weighted by molar-refractivity contribution is 0.753. The minimum absolute atomic E-state index is 0.0919. The molecule has 0 amide bonds. The largest absolute Gasteiger partial charge is 0.370 e. The van der Waals surface area contributed by atoms with Crippen molar-refractivity contribution in [3.63, 3.8) is 0 Å². The van der Waals surface area contributed by atoms with Crippen molar-refractivity contribution in [2.45, 2.75) is 20.4 Å². The quantitative estimate of drug-likeness (QED) is 0.749. The fourth-order valence-electron chi connectivity index (χ4n) is 2.33. The van der Waals surface area contributed by atoms with E-state index < -0.39 is 0 Å².